The van der Waals surface area contributed by atoms with Crippen LogP contribution < -0.4 is 10.2 Å². The fraction of sp³-hybridized carbons (Fsp3) is 0.143. The van der Waals surface area contributed by atoms with Crippen molar-refractivity contribution in [3.05, 3.63) is 51.7 Å². The molecule has 98 valence electrons. The summed E-state index contributed by atoms with van der Waals surface area (Å²) >= 11 is 1.44. The highest BCUT2D eigenvalue weighted by Crippen LogP contribution is 2.14. The van der Waals surface area contributed by atoms with Crippen LogP contribution >= 0.6 is 11.3 Å². The molecule has 0 saturated heterocycles. The fourth-order valence-electron chi connectivity index (χ4n) is 1.47. The second-order valence-electron chi connectivity index (χ2n) is 3.88. The highest BCUT2D eigenvalue weighted by atomic mass is 32.1. The predicted octanol–water partition coefficient (Wildman–Crippen LogP) is 2.83. The van der Waals surface area contributed by atoms with Crippen LogP contribution in [0.1, 0.15) is 20.1 Å². The average Bonchev–Trinajstić information content (AvgIpc) is 2.86. The maximum atomic E-state index is 11.7. The molecule has 1 amide bonds. The summed E-state index contributed by atoms with van der Waals surface area (Å²) in [6, 6.07) is 11.1. The molecule has 0 saturated carbocycles. The van der Waals surface area contributed by atoms with Gasteiger partial charge in [-0.25, -0.2) is 5.43 Å². The van der Waals surface area contributed by atoms with Gasteiger partial charge in [0.05, 0.1) is 18.2 Å². The van der Waals surface area contributed by atoms with E-state index in [0.29, 0.717) is 4.88 Å². The standard InChI is InChI=1S/C14H14N2O2S/c1-10-3-8-13(19-10)14(17)16-15-9-11-4-6-12(18-2)7-5-11/h3-9H,1-2H3,(H,16,17)/b15-9-. The van der Waals surface area contributed by atoms with Gasteiger partial charge in [0.25, 0.3) is 5.91 Å². The van der Waals surface area contributed by atoms with E-state index in [1.165, 1.54) is 11.3 Å². The second-order valence-corrected chi connectivity index (χ2v) is 5.17. The molecule has 1 N–H and O–H groups in total. The third kappa shape index (κ3) is 3.66. The molecule has 0 fully saturated rings. The number of rotatable bonds is 4. The number of methoxy groups -OCH3 is 1. The van der Waals surface area contributed by atoms with Crippen LogP contribution in [0.3, 0.4) is 0 Å². The maximum absolute atomic E-state index is 11.7. The number of carbonyl (C=O) groups excluding carboxylic acids is 1. The van der Waals surface area contributed by atoms with Gasteiger partial charge in [-0.05, 0) is 48.9 Å². The van der Waals surface area contributed by atoms with Crippen molar-refractivity contribution >= 4 is 23.5 Å². The lowest BCUT2D eigenvalue weighted by atomic mass is 10.2. The summed E-state index contributed by atoms with van der Waals surface area (Å²) in [5.41, 5.74) is 3.39. The van der Waals surface area contributed by atoms with Crippen LogP contribution in [-0.4, -0.2) is 19.2 Å². The summed E-state index contributed by atoms with van der Waals surface area (Å²) in [5, 5.41) is 3.92. The minimum absolute atomic E-state index is 0.192. The van der Waals surface area contributed by atoms with Gasteiger partial charge < -0.3 is 4.74 Å². The first kappa shape index (κ1) is 13.3. The van der Waals surface area contributed by atoms with E-state index in [9.17, 15) is 4.79 Å². The van der Waals surface area contributed by atoms with Crippen LogP contribution in [0.25, 0.3) is 0 Å². The van der Waals surface area contributed by atoms with E-state index in [4.69, 9.17) is 4.74 Å². The zero-order valence-corrected chi connectivity index (χ0v) is 11.5. The molecule has 0 bridgehead atoms. The fourth-order valence-corrected chi connectivity index (χ4v) is 2.22. The van der Waals surface area contributed by atoms with Gasteiger partial charge in [0.1, 0.15) is 5.75 Å². The Balaban J connectivity index is 1.94. The largest absolute Gasteiger partial charge is 0.497 e. The molecular weight excluding hydrogens is 260 g/mol. The Kier molecular flexibility index (Phi) is 4.30. The van der Waals surface area contributed by atoms with Crippen molar-refractivity contribution in [1.82, 2.24) is 5.43 Å². The summed E-state index contributed by atoms with van der Waals surface area (Å²) in [5.74, 6) is 0.595. The molecule has 2 rings (SSSR count). The normalized spacial score (nSPS) is 10.6. The predicted molar refractivity (Wildman–Crippen MR) is 77.1 cm³/mol. The summed E-state index contributed by atoms with van der Waals surface area (Å²) in [6.45, 7) is 1.96. The molecule has 0 aliphatic heterocycles. The molecule has 4 nitrogen and oxygen atoms in total. The molecule has 1 aromatic heterocycles. The molecule has 0 radical (unpaired) electrons. The zero-order valence-electron chi connectivity index (χ0n) is 10.7. The Bertz CT molecular complexity index is 588. The smallest absolute Gasteiger partial charge is 0.281 e. The molecule has 1 heterocycles. The Morgan fingerprint density at radius 1 is 1.26 bits per heavy atom. The van der Waals surface area contributed by atoms with Crippen LogP contribution in [0.4, 0.5) is 0 Å². The van der Waals surface area contributed by atoms with Gasteiger partial charge in [0, 0.05) is 4.88 Å². The topological polar surface area (TPSA) is 50.7 Å². The number of benzene rings is 1. The Morgan fingerprint density at radius 3 is 2.58 bits per heavy atom. The number of aryl methyl sites for hydroxylation is 1. The van der Waals surface area contributed by atoms with Crippen LogP contribution in [0.15, 0.2) is 41.5 Å². The Hall–Kier alpha value is -2.14. The van der Waals surface area contributed by atoms with E-state index in [1.807, 2.05) is 37.3 Å². The van der Waals surface area contributed by atoms with Crippen molar-refractivity contribution in [3.8, 4) is 5.75 Å². The van der Waals surface area contributed by atoms with Gasteiger partial charge in [-0.1, -0.05) is 0 Å². The quantitative estimate of drug-likeness (QED) is 0.688. The van der Waals surface area contributed by atoms with Crippen LogP contribution in [0, 0.1) is 6.92 Å². The van der Waals surface area contributed by atoms with Crippen molar-refractivity contribution in [3.63, 3.8) is 0 Å². The van der Waals surface area contributed by atoms with E-state index in [1.54, 1.807) is 19.4 Å². The van der Waals surface area contributed by atoms with Gasteiger partial charge in [-0.15, -0.1) is 11.3 Å². The first-order valence-corrected chi connectivity index (χ1v) is 6.54. The number of ether oxygens (including phenoxy) is 1. The van der Waals surface area contributed by atoms with E-state index in [-0.39, 0.29) is 5.91 Å². The summed E-state index contributed by atoms with van der Waals surface area (Å²) < 4.78 is 5.06. The molecule has 0 aliphatic rings. The summed E-state index contributed by atoms with van der Waals surface area (Å²) in [4.78, 5) is 13.5. The molecule has 0 spiro atoms. The lowest BCUT2D eigenvalue weighted by molar-refractivity contribution is 0.0959. The van der Waals surface area contributed by atoms with Crippen LogP contribution in [0.2, 0.25) is 0 Å². The van der Waals surface area contributed by atoms with Crippen LogP contribution in [0.5, 0.6) is 5.75 Å². The van der Waals surface area contributed by atoms with E-state index in [0.717, 1.165) is 16.2 Å². The van der Waals surface area contributed by atoms with Gasteiger partial charge in [-0.2, -0.15) is 5.10 Å². The van der Waals surface area contributed by atoms with E-state index in [2.05, 4.69) is 10.5 Å². The minimum Gasteiger partial charge on any atom is -0.497 e. The Labute approximate surface area is 115 Å². The van der Waals surface area contributed by atoms with Crippen molar-refractivity contribution in [1.29, 1.82) is 0 Å². The SMILES string of the molecule is COc1ccc(/C=N\NC(=O)c2ccc(C)s2)cc1. The highest BCUT2D eigenvalue weighted by molar-refractivity contribution is 7.13. The second kappa shape index (κ2) is 6.15. The molecule has 19 heavy (non-hydrogen) atoms. The van der Waals surface area contributed by atoms with Gasteiger partial charge in [0.15, 0.2) is 0 Å². The van der Waals surface area contributed by atoms with Gasteiger partial charge in [0.2, 0.25) is 0 Å². The van der Waals surface area contributed by atoms with Crippen molar-refractivity contribution in [2.45, 2.75) is 6.92 Å². The van der Waals surface area contributed by atoms with Gasteiger partial charge in [-0.3, -0.25) is 4.79 Å². The zero-order chi connectivity index (χ0) is 13.7. The first-order chi connectivity index (χ1) is 9.19. The number of hydrazone groups is 1. The Morgan fingerprint density at radius 2 is 2.00 bits per heavy atom. The number of hydrogen-bond donors (Lipinski definition) is 1. The molecule has 5 heteroatoms. The average molecular weight is 274 g/mol. The third-order valence-corrected chi connectivity index (χ3v) is 3.46. The molecule has 1 aromatic carbocycles. The number of hydrogen-bond acceptors (Lipinski definition) is 4. The summed E-state index contributed by atoms with van der Waals surface area (Å²) in [7, 11) is 1.62. The van der Waals surface area contributed by atoms with Crippen molar-refractivity contribution < 1.29 is 9.53 Å². The van der Waals surface area contributed by atoms with Crippen molar-refractivity contribution in [2.75, 3.05) is 7.11 Å². The monoisotopic (exact) mass is 274 g/mol. The lowest BCUT2D eigenvalue weighted by Gasteiger charge is -1.99. The lowest BCUT2D eigenvalue weighted by Crippen LogP contribution is -2.16. The number of carbonyl (C=O) groups is 1. The number of nitrogens with zero attached hydrogens (tertiary/aromatic N) is 1. The minimum atomic E-state index is -0.192. The first-order valence-electron chi connectivity index (χ1n) is 5.73. The third-order valence-electron chi connectivity index (χ3n) is 2.46. The number of nitrogens with one attached hydrogen (secondary N) is 1. The highest BCUT2D eigenvalue weighted by Gasteiger charge is 2.05. The van der Waals surface area contributed by atoms with Crippen LogP contribution in [-0.2, 0) is 0 Å². The van der Waals surface area contributed by atoms with E-state index >= 15 is 0 Å². The maximum Gasteiger partial charge on any atom is 0.281 e. The summed E-state index contributed by atoms with van der Waals surface area (Å²) in [6.07, 6.45) is 1.60. The molecule has 0 unspecified atom stereocenters. The molecule has 0 aliphatic carbocycles. The van der Waals surface area contributed by atoms with Crippen molar-refractivity contribution in [2.24, 2.45) is 5.10 Å². The van der Waals surface area contributed by atoms with Gasteiger partial charge >= 0.3 is 0 Å². The molecular formula is C14H14N2O2S. The molecule has 0 atom stereocenters. The molecule has 2 aromatic rings. The van der Waals surface area contributed by atoms with E-state index < -0.39 is 0 Å². The number of thiophene rings is 1. The number of amides is 1.